The predicted molar refractivity (Wildman–Crippen MR) is 112 cm³/mol. The molecule has 0 atom stereocenters. The zero-order valence-electron chi connectivity index (χ0n) is 16.8. The van der Waals surface area contributed by atoms with Crippen LogP contribution >= 0.6 is 11.6 Å². The molecule has 0 aliphatic rings. The summed E-state index contributed by atoms with van der Waals surface area (Å²) in [5, 5.41) is 14.5. The number of anilines is 1. The number of halogens is 1. The van der Waals surface area contributed by atoms with Crippen LogP contribution in [0.2, 0.25) is 5.02 Å². The summed E-state index contributed by atoms with van der Waals surface area (Å²) in [6.45, 7) is 3.36. The van der Waals surface area contributed by atoms with Crippen molar-refractivity contribution in [3.05, 3.63) is 52.3 Å². The van der Waals surface area contributed by atoms with Gasteiger partial charge in [0.15, 0.2) is 12.3 Å². The fraction of sp³-hybridized carbons (Fsp3) is 0.286. The quantitative estimate of drug-likeness (QED) is 0.561. The van der Waals surface area contributed by atoms with Crippen molar-refractivity contribution in [1.29, 1.82) is 5.26 Å². The number of carbonyl (C=O) groups is 2. The van der Waals surface area contributed by atoms with E-state index in [1.165, 1.54) is 11.1 Å². The van der Waals surface area contributed by atoms with E-state index < -0.39 is 18.5 Å². The molecule has 2 heterocycles. The van der Waals surface area contributed by atoms with Crippen molar-refractivity contribution in [3.63, 3.8) is 0 Å². The molecule has 1 aromatic carbocycles. The smallest absolute Gasteiger partial charge is 0.340 e. The van der Waals surface area contributed by atoms with E-state index in [2.05, 4.69) is 10.1 Å². The number of amides is 1. The summed E-state index contributed by atoms with van der Waals surface area (Å²) in [7, 11) is 1.77. The van der Waals surface area contributed by atoms with Gasteiger partial charge in [0.2, 0.25) is 0 Å². The first-order valence-electron chi connectivity index (χ1n) is 9.21. The van der Waals surface area contributed by atoms with E-state index in [0.717, 1.165) is 16.6 Å². The molecule has 154 valence electrons. The molecule has 0 N–H and O–H groups in total. The number of hydrogen-bond acceptors (Lipinski definition) is 6. The van der Waals surface area contributed by atoms with E-state index in [4.69, 9.17) is 21.6 Å². The summed E-state index contributed by atoms with van der Waals surface area (Å²) < 4.78 is 6.84. The Hall–Kier alpha value is -3.44. The Morgan fingerprint density at radius 3 is 2.77 bits per heavy atom. The number of rotatable bonds is 6. The molecule has 0 aliphatic carbocycles. The second kappa shape index (κ2) is 8.93. The third-order valence-electron chi connectivity index (χ3n) is 4.63. The molecule has 0 aliphatic heterocycles. The maximum Gasteiger partial charge on any atom is 0.340 e. The molecule has 3 aromatic rings. The van der Waals surface area contributed by atoms with Crippen LogP contribution < -0.4 is 4.90 Å². The molecular weight excluding hydrogens is 406 g/mol. The van der Waals surface area contributed by atoms with Crippen molar-refractivity contribution in [2.45, 2.75) is 20.3 Å². The Bertz CT molecular complexity index is 1170. The van der Waals surface area contributed by atoms with Gasteiger partial charge in [0.1, 0.15) is 0 Å². The molecule has 1 amide bonds. The van der Waals surface area contributed by atoms with Crippen molar-refractivity contribution in [2.24, 2.45) is 7.05 Å². The molecule has 0 spiro atoms. The first-order valence-corrected chi connectivity index (χ1v) is 9.59. The molecule has 3 rings (SSSR count). The maximum absolute atomic E-state index is 12.7. The minimum Gasteiger partial charge on any atom is -0.452 e. The van der Waals surface area contributed by atoms with Gasteiger partial charge >= 0.3 is 5.97 Å². The lowest BCUT2D eigenvalue weighted by molar-refractivity contribution is -0.121. The SMILES string of the molecule is Cc1cc(N(CCC#N)C(=O)COC(=O)c2cnc3c(c2)c(C)nn3C)ccc1Cl. The fourth-order valence-corrected chi connectivity index (χ4v) is 3.18. The average molecular weight is 426 g/mol. The van der Waals surface area contributed by atoms with Gasteiger partial charge in [-0.3, -0.25) is 9.48 Å². The number of aryl methyl sites for hydroxylation is 3. The summed E-state index contributed by atoms with van der Waals surface area (Å²) >= 11 is 6.06. The van der Waals surface area contributed by atoms with E-state index in [1.54, 1.807) is 36.0 Å². The Morgan fingerprint density at radius 2 is 2.07 bits per heavy atom. The zero-order chi connectivity index (χ0) is 21.8. The monoisotopic (exact) mass is 425 g/mol. The molecule has 8 nitrogen and oxygen atoms in total. The summed E-state index contributed by atoms with van der Waals surface area (Å²) in [6, 6.07) is 8.79. The highest BCUT2D eigenvalue weighted by atomic mass is 35.5. The van der Waals surface area contributed by atoms with Crippen molar-refractivity contribution < 1.29 is 14.3 Å². The summed E-state index contributed by atoms with van der Waals surface area (Å²) in [5.41, 5.74) is 3.01. The number of pyridine rings is 1. The van der Waals surface area contributed by atoms with Crippen LogP contribution in [0, 0.1) is 25.2 Å². The minimum atomic E-state index is -0.659. The molecule has 0 fully saturated rings. The topological polar surface area (TPSA) is 101 Å². The molecule has 30 heavy (non-hydrogen) atoms. The number of benzene rings is 1. The van der Waals surface area contributed by atoms with Crippen molar-refractivity contribution in [3.8, 4) is 6.07 Å². The standard InChI is InChI=1S/C21H20ClN5O3/c1-13-9-16(5-6-18(13)22)27(8-4-7-23)19(28)12-30-21(29)15-10-17-14(2)25-26(3)20(17)24-11-15/h5-6,9-11H,4,8,12H2,1-3H3. The minimum absolute atomic E-state index is 0.141. The van der Waals surface area contributed by atoms with Crippen LogP contribution in [0.4, 0.5) is 5.69 Å². The molecule has 0 bridgehead atoms. The summed E-state index contributed by atoms with van der Waals surface area (Å²) in [6.07, 6.45) is 1.54. The van der Waals surface area contributed by atoms with E-state index in [1.807, 2.05) is 19.9 Å². The summed E-state index contributed by atoms with van der Waals surface area (Å²) in [5.74, 6) is -1.10. The van der Waals surface area contributed by atoms with Crippen LogP contribution in [0.5, 0.6) is 0 Å². The Labute approximate surface area is 178 Å². The first-order chi connectivity index (χ1) is 14.3. The van der Waals surface area contributed by atoms with Gasteiger partial charge in [-0.15, -0.1) is 0 Å². The van der Waals surface area contributed by atoms with Crippen molar-refractivity contribution >= 4 is 40.2 Å². The largest absolute Gasteiger partial charge is 0.452 e. The molecule has 0 radical (unpaired) electrons. The fourth-order valence-electron chi connectivity index (χ4n) is 3.06. The van der Waals surface area contributed by atoms with Crippen molar-refractivity contribution in [2.75, 3.05) is 18.1 Å². The number of aromatic nitrogens is 3. The van der Waals surface area contributed by atoms with Gasteiger partial charge < -0.3 is 9.64 Å². The van der Waals surface area contributed by atoms with Crippen LogP contribution in [0.15, 0.2) is 30.5 Å². The Balaban J connectivity index is 1.74. The van der Waals surface area contributed by atoms with Gasteiger partial charge in [0.25, 0.3) is 5.91 Å². The van der Waals surface area contributed by atoms with Crippen LogP contribution in [-0.4, -0.2) is 39.8 Å². The zero-order valence-corrected chi connectivity index (χ0v) is 17.6. The second-order valence-electron chi connectivity index (χ2n) is 6.77. The van der Waals surface area contributed by atoms with Gasteiger partial charge in [-0.1, -0.05) is 11.6 Å². The van der Waals surface area contributed by atoms with Crippen LogP contribution in [-0.2, 0) is 16.6 Å². The van der Waals surface area contributed by atoms with Crippen molar-refractivity contribution in [1.82, 2.24) is 14.8 Å². The first kappa shape index (κ1) is 21.3. The number of esters is 1. The molecular formula is C21H20ClN5O3. The number of hydrogen-bond donors (Lipinski definition) is 0. The second-order valence-corrected chi connectivity index (χ2v) is 7.17. The molecule has 0 saturated carbocycles. The lowest BCUT2D eigenvalue weighted by Crippen LogP contribution is -2.35. The molecule has 9 heteroatoms. The number of fused-ring (bicyclic) bond motifs is 1. The lowest BCUT2D eigenvalue weighted by Gasteiger charge is -2.22. The highest BCUT2D eigenvalue weighted by Crippen LogP contribution is 2.23. The number of carbonyl (C=O) groups excluding carboxylic acids is 2. The van der Waals surface area contributed by atoms with Crippen LogP contribution in [0.25, 0.3) is 11.0 Å². The van der Waals surface area contributed by atoms with Crippen LogP contribution in [0.3, 0.4) is 0 Å². The van der Waals surface area contributed by atoms with E-state index in [0.29, 0.717) is 16.4 Å². The van der Waals surface area contributed by atoms with E-state index in [9.17, 15) is 9.59 Å². The van der Waals surface area contributed by atoms with Crippen LogP contribution in [0.1, 0.15) is 28.0 Å². The maximum atomic E-state index is 12.7. The number of ether oxygens (including phenoxy) is 1. The normalized spacial score (nSPS) is 10.6. The molecule has 0 unspecified atom stereocenters. The highest BCUT2D eigenvalue weighted by molar-refractivity contribution is 6.31. The van der Waals surface area contributed by atoms with Gasteiger partial charge in [-0.25, -0.2) is 9.78 Å². The number of nitrogens with zero attached hydrogens (tertiary/aromatic N) is 5. The molecule has 0 saturated heterocycles. The van der Waals surface area contributed by atoms with E-state index >= 15 is 0 Å². The lowest BCUT2D eigenvalue weighted by atomic mass is 10.2. The third kappa shape index (κ3) is 4.42. The van der Waals surface area contributed by atoms with Gasteiger partial charge in [0.05, 0.1) is 23.7 Å². The summed E-state index contributed by atoms with van der Waals surface area (Å²) in [4.78, 5) is 30.8. The Morgan fingerprint density at radius 1 is 1.30 bits per heavy atom. The van der Waals surface area contributed by atoms with E-state index in [-0.39, 0.29) is 18.5 Å². The van der Waals surface area contributed by atoms with Gasteiger partial charge in [-0.2, -0.15) is 10.4 Å². The number of nitriles is 1. The average Bonchev–Trinajstić information content (AvgIpc) is 3.02. The highest BCUT2D eigenvalue weighted by Gasteiger charge is 2.19. The third-order valence-corrected chi connectivity index (χ3v) is 5.05. The predicted octanol–water partition coefficient (Wildman–Crippen LogP) is 3.34. The molecule has 2 aromatic heterocycles. The Kier molecular flexibility index (Phi) is 6.33. The van der Waals surface area contributed by atoms with Gasteiger partial charge in [0, 0.05) is 35.9 Å². The van der Waals surface area contributed by atoms with Gasteiger partial charge in [-0.05, 0) is 43.7 Å².